The minimum atomic E-state index is -1.85. The number of hydrogen-bond acceptors (Lipinski definition) is 1. The lowest BCUT2D eigenvalue weighted by molar-refractivity contribution is -0.137. The van der Waals surface area contributed by atoms with Gasteiger partial charge in [0.2, 0.25) is 6.69 Å². The molecule has 0 rings (SSSR count). The van der Waals surface area contributed by atoms with Gasteiger partial charge in [-0.25, -0.2) is 0 Å². The van der Waals surface area contributed by atoms with Crippen LogP contribution in [-0.4, -0.2) is 17.8 Å². The summed E-state index contributed by atoms with van der Waals surface area (Å²) in [7, 11) is 0. The van der Waals surface area contributed by atoms with E-state index in [1.807, 2.05) is 6.55 Å². The number of carboxylic acid groups (broad SMARTS) is 1. The Morgan fingerprint density at radius 1 is 0.667 bits per heavy atom. The molecule has 0 atom stereocenters. The molecule has 0 radical (unpaired) electrons. The second-order valence-electron chi connectivity index (χ2n) is 7.27. The van der Waals surface area contributed by atoms with Crippen LogP contribution in [0, 0.1) is 0 Å². The molecule has 0 saturated heterocycles. The largest absolute Gasteiger partial charge is 0.481 e. The fourth-order valence-corrected chi connectivity index (χ4v) is 4.68. The molecule has 0 fully saturated rings. The fraction of sp³-hybridized carbons (Fsp3) is 0.947. The van der Waals surface area contributed by atoms with E-state index in [1.54, 1.807) is 0 Å². The zero-order valence-corrected chi connectivity index (χ0v) is 18.1. The number of unbranched alkanes of at least 4 members (excludes halogenated alkanes) is 14. The van der Waals surface area contributed by atoms with Crippen LogP contribution in [0.25, 0.3) is 0 Å². The molecule has 5 heteroatoms. The summed E-state index contributed by atoms with van der Waals surface area (Å²) in [5, 5.41) is 8.55. The Morgan fingerprint density at radius 2 is 0.958 bits per heavy atom. The van der Waals surface area contributed by atoms with Crippen LogP contribution in [0.15, 0.2) is 0 Å². The summed E-state index contributed by atoms with van der Waals surface area (Å²) in [6, 6.07) is 1.04. The molecule has 0 amide bonds. The van der Waals surface area contributed by atoms with Crippen LogP contribution in [0.5, 0.6) is 0 Å². The van der Waals surface area contributed by atoms with Gasteiger partial charge in [-0.3, -0.25) is 4.79 Å². The lowest BCUT2D eigenvalue weighted by Crippen LogP contribution is -2.11. The van der Waals surface area contributed by atoms with E-state index < -0.39 is 12.7 Å². The molecular weight excluding hydrogens is 359 g/mol. The molecule has 0 aromatic carbocycles. The lowest BCUT2D eigenvalue weighted by atomic mass is 10.0. The zero-order valence-electron chi connectivity index (χ0n) is 15.6. The highest BCUT2D eigenvalue weighted by atomic mass is 35.7. The first-order valence-electron chi connectivity index (χ1n) is 10.0. The van der Waals surface area contributed by atoms with Gasteiger partial charge in [0.1, 0.15) is 0 Å². The summed E-state index contributed by atoms with van der Waals surface area (Å²) in [5.74, 6) is -0.662. The Labute approximate surface area is 160 Å². The summed E-state index contributed by atoms with van der Waals surface area (Å²) >= 11 is 12.2. The smallest absolute Gasteiger partial charge is 0.303 e. The molecule has 0 aromatic rings. The van der Waals surface area contributed by atoms with Gasteiger partial charge in [0.15, 0.2) is 0 Å². The van der Waals surface area contributed by atoms with E-state index >= 15 is 0 Å². The van der Waals surface area contributed by atoms with Crippen molar-refractivity contribution in [3.05, 3.63) is 0 Å². The van der Waals surface area contributed by atoms with Gasteiger partial charge in [-0.2, -0.15) is 0 Å². The van der Waals surface area contributed by atoms with Crippen molar-refractivity contribution in [2.45, 2.75) is 115 Å². The monoisotopic (exact) mass is 396 g/mol. The Morgan fingerprint density at radius 3 is 1.25 bits per heavy atom. The number of aliphatic carboxylic acids is 1. The molecule has 0 aliphatic carbocycles. The topological polar surface area (TPSA) is 37.3 Å². The van der Waals surface area contributed by atoms with Gasteiger partial charge in [-0.05, 0) is 19.0 Å². The molecule has 1 N–H and O–H groups in total. The molecule has 0 saturated carbocycles. The van der Waals surface area contributed by atoms with E-state index in [9.17, 15) is 4.79 Å². The normalized spacial score (nSPS) is 11.8. The van der Waals surface area contributed by atoms with Crippen molar-refractivity contribution in [1.29, 1.82) is 0 Å². The van der Waals surface area contributed by atoms with Crippen LogP contribution in [0.1, 0.15) is 103 Å². The molecule has 0 aromatic heterocycles. The average Bonchev–Trinajstić information content (AvgIpc) is 2.49. The van der Waals surface area contributed by atoms with Crippen LogP contribution in [-0.2, 0) is 4.79 Å². The van der Waals surface area contributed by atoms with Crippen molar-refractivity contribution in [2.75, 3.05) is 0 Å². The Hall–Kier alpha value is 0.267. The molecule has 144 valence electrons. The molecule has 0 bridgehead atoms. The van der Waals surface area contributed by atoms with E-state index in [4.69, 9.17) is 27.3 Å². The summed E-state index contributed by atoms with van der Waals surface area (Å²) in [5.41, 5.74) is 0. The fourth-order valence-electron chi connectivity index (χ4n) is 3.01. The van der Waals surface area contributed by atoms with Crippen molar-refractivity contribution in [2.24, 2.45) is 0 Å². The molecule has 0 heterocycles. The maximum Gasteiger partial charge on any atom is 0.303 e. The summed E-state index contributed by atoms with van der Waals surface area (Å²) in [6.07, 6.45) is 19.4. The van der Waals surface area contributed by atoms with Gasteiger partial charge in [0, 0.05) is 6.42 Å². The van der Waals surface area contributed by atoms with Crippen molar-refractivity contribution < 1.29 is 9.90 Å². The minimum Gasteiger partial charge on any atom is -0.481 e. The number of hydrogen-bond donors (Lipinski definition) is 1. The van der Waals surface area contributed by atoms with Gasteiger partial charge in [0.05, 0.1) is 0 Å². The van der Waals surface area contributed by atoms with Crippen molar-refractivity contribution in [3.8, 4) is 0 Å². The van der Waals surface area contributed by atoms with Crippen molar-refractivity contribution >= 4 is 34.8 Å². The van der Waals surface area contributed by atoms with Gasteiger partial charge in [-0.15, -0.1) is 22.2 Å². The average molecular weight is 398 g/mol. The molecule has 0 aliphatic heterocycles. The minimum absolute atomic E-state index is 0.334. The van der Waals surface area contributed by atoms with Gasteiger partial charge in [-0.1, -0.05) is 89.9 Å². The zero-order chi connectivity index (χ0) is 18.1. The first kappa shape index (κ1) is 24.3. The standard InChI is InChI=1S/C19H38Cl2O2Si/c1-24(20,21)18-16-14-12-10-8-6-4-2-3-5-7-9-11-13-15-17-19(22)23/h2-18H2,1H3,(H,22,23). The number of rotatable bonds is 18. The Kier molecular flexibility index (Phi) is 16.9. The molecule has 0 spiro atoms. The van der Waals surface area contributed by atoms with E-state index in [0.29, 0.717) is 6.42 Å². The number of halogens is 2. The third-order valence-electron chi connectivity index (χ3n) is 4.51. The maximum atomic E-state index is 10.4. The molecule has 0 aliphatic rings. The van der Waals surface area contributed by atoms with Gasteiger partial charge >= 0.3 is 5.97 Å². The van der Waals surface area contributed by atoms with E-state index in [0.717, 1.165) is 18.9 Å². The first-order valence-corrected chi connectivity index (χ1v) is 14.7. The van der Waals surface area contributed by atoms with Crippen LogP contribution in [0.4, 0.5) is 0 Å². The summed E-state index contributed by atoms with van der Waals surface area (Å²) in [6.45, 7) is 0.162. The van der Waals surface area contributed by atoms with Gasteiger partial charge in [0.25, 0.3) is 0 Å². The van der Waals surface area contributed by atoms with E-state index in [-0.39, 0.29) is 0 Å². The highest BCUT2D eigenvalue weighted by Crippen LogP contribution is 2.23. The predicted molar refractivity (Wildman–Crippen MR) is 110 cm³/mol. The Bertz CT molecular complexity index is 294. The number of carboxylic acids is 1. The first-order chi connectivity index (χ1) is 11.4. The third-order valence-corrected chi connectivity index (χ3v) is 6.87. The molecular formula is C19H38Cl2O2Si. The van der Waals surface area contributed by atoms with Crippen LogP contribution in [0.3, 0.4) is 0 Å². The Balaban J connectivity index is 3.04. The highest BCUT2D eigenvalue weighted by Gasteiger charge is 2.19. The van der Waals surface area contributed by atoms with Crippen LogP contribution < -0.4 is 0 Å². The van der Waals surface area contributed by atoms with E-state index in [2.05, 4.69) is 0 Å². The van der Waals surface area contributed by atoms with Crippen molar-refractivity contribution in [1.82, 2.24) is 0 Å². The van der Waals surface area contributed by atoms with Crippen LogP contribution >= 0.6 is 22.2 Å². The SMILES string of the molecule is C[Si](Cl)(Cl)CCCCCCCCCCCCCCCCCC(=O)O. The summed E-state index contributed by atoms with van der Waals surface area (Å²) in [4.78, 5) is 10.4. The second kappa shape index (κ2) is 16.7. The lowest BCUT2D eigenvalue weighted by Gasteiger charge is -2.09. The van der Waals surface area contributed by atoms with Crippen LogP contribution in [0.2, 0.25) is 12.6 Å². The second-order valence-corrected chi connectivity index (χ2v) is 15.5. The van der Waals surface area contributed by atoms with E-state index in [1.165, 1.54) is 83.5 Å². The maximum absolute atomic E-state index is 10.4. The predicted octanol–water partition coefficient (Wildman–Crippen LogP) is 7.86. The van der Waals surface area contributed by atoms with Crippen molar-refractivity contribution in [3.63, 3.8) is 0 Å². The molecule has 24 heavy (non-hydrogen) atoms. The van der Waals surface area contributed by atoms with Gasteiger partial charge < -0.3 is 5.11 Å². The third kappa shape index (κ3) is 22.3. The highest BCUT2D eigenvalue weighted by molar-refractivity contribution is 7.44. The number of carbonyl (C=O) groups is 1. The quantitative estimate of drug-likeness (QED) is 0.145. The molecule has 2 nitrogen and oxygen atoms in total. The molecule has 0 unspecified atom stereocenters. The summed E-state index contributed by atoms with van der Waals surface area (Å²) < 4.78 is 0.